The fourth-order valence-corrected chi connectivity index (χ4v) is 1.99. The van der Waals surface area contributed by atoms with E-state index in [2.05, 4.69) is 15.6 Å². The molecule has 0 saturated carbocycles. The van der Waals surface area contributed by atoms with E-state index in [1.807, 2.05) is 0 Å². The molecule has 25 heavy (non-hydrogen) atoms. The van der Waals surface area contributed by atoms with Crippen molar-refractivity contribution >= 4 is 23.2 Å². The monoisotopic (exact) mass is 337 g/mol. The second-order valence-electron chi connectivity index (χ2n) is 5.18. The maximum Gasteiger partial charge on any atom is 0.275 e. The smallest absolute Gasteiger partial charge is 0.275 e. The normalized spacial score (nSPS) is 11.7. The zero-order chi connectivity index (χ0) is 18.2. The Morgan fingerprint density at radius 3 is 2.56 bits per heavy atom. The number of pyridine rings is 1. The Morgan fingerprint density at radius 2 is 1.88 bits per heavy atom. The molecule has 1 heterocycles. The van der Waals surface area contributed by atoms with E-state index >= 15 is 0 Å². The van der Waals surface area contributed by atoms with E-state index in [1.165, 1.54) is 19.2 Å². The van der Waals surface area contributed by atoms with Gasteiger partial charge in [-0.2, -0.15) is 0 Å². The number of nitrogens with two attached hydrogens (primary N) is 2. The summed E-state index contributed by atoms with van der Waals surface area (Å²) in [5.74, 6) is -0.438. The Balaban J connectivity index is 2.07. The van der Waals surface area contributed by atoms with Gasteiger partial charge in [-0.3, -0.25) is 14.6 Å². The Morgan fingerprint density at radius 1 is 1.08 bits per heavy atom. The summed E-state index contributed by atoms with van der Waals surface area (Å²) in [6.45, 7) is 1.43. The van der Waals surface area contributed by atoms with E-state index in [4.69, 9.17) is 11.5 Å². The summed E-state index contributed by atoms with van der Waals surface area (Å²) >= 11 is 0. The molecule has 6 N–H and O–H groups in total. The van der Waals surface area contributed by atoms with Gasteiger partial charge in [-0.25, -0.2) is 0 Å². The molecule has 2 amide bonds. The molecule has 2 rings (SSSR count). The molecule has 1 aromatic carbocycles. The van der Waals surface area contributed by atoms with Gasteiger partial charge in [-0.1, -0.05) is 18.2 Å². The van der Waals surface area contributed by atoms with Gasteiger partial charge < -0.3 is 22.1 Å². The number of nitrogens with one attached hydrogen (secondary N) is 2. The second-order valence-corrected chi connectivity index (χ2v) is 5.18. The third-order valence-corrected chi connectivity index (χ3v) is 3.11. The van der Waals surface area contributed by atoms with Crippen LogP contribution in [0.3, 0.4) is 0 Å². The van der Waals surface area contributed by atoms with Crippen LogP contribution >= 0.6 is 0 Å². The summed E-state index contributed by atoms with van der Waals surface area (Å²) < 4.78 is 0. The molecule has 7 nitrogen and oxygen atoms in total. The number of allylic oxidation sites excluding steroid dienone is 2. The summed E-state index contributed by atoms with van der Waals surface area (Å²) in [6.07, 6.45) is 4.58. The van der Waals surface area contributed by atoms with Crippen LogP contribution in [0.2, 0.25) is 0 Å². The lowest BCUT2D eigenvalue weighted by Gasteiger charge is -2.06. The minimum atomic E-state index is -0.408. The van der Waals surface area contributed by atoms with Gasteiger partial charge >= 0.3 is 0 Å². The average Bonchev–Trinajstić information content (AvgIpc) is 2.60. The molecule has 0 aliphatic carbocycles. The first kappa shape index (κ1) is 17.7. The van der Waals surface area contributed by atoms with Crippen LogP contribution in [0.25, 0.3) is 5.70 Å². The van der Waals surface area contributed by atoms with Crippen molar-refractivity contribution in [1.29, 1.82) is 0 Å². The fraction of sp³-hybridized carbons (Fsp3) is 0.0556. The highest BCUT2D eigenvalue weighted by molar-refractivity contribution is 5.93. The molecule has 0 unspecified atom stereocenters. The highest BCUT2D eigenvalue weighted by atomic mass is 16.2. The number of aromatic nitrogens is 1. The Bertz CT molecular complexity index is 828. The molecule has 1 aromatic heterocycles. The van der Waals surface area contributed by atoms with Gasteiger partial charge in [0.05, 0.1) is 0 Å². The van der Waals surface area contributed by atoms with Gasteiger partial charge in [0.15, 0.2) is 0 Å². The number of nitrogens with zero attached hydrogens (tertiary/aromatic N) is 1. The number of hydrogen-bond donors (Lipinski definition) is 4. The molecular weight excluding hydrogens is 318 g/mol. The van der Waals surface area contributed by atoms with Gasteiger partial charge in [0, 0.05) is 24.5 Å². The predicted octanol–water partition coefficient (Wildman–Crippen LogP) is 1.57. The van der Waals surface area contributed by atoms with Gasteiger partial charge in [0.1, 0.15) is 11.5 Å². The first-order valence-electron chi connectivity index (χ1n) is 7.49. The molecule has 0 aliphatic rings. The molecule has 0 spiro atoms. The lowest BCUT2D eigenvalue weighted by Crippen LogP contribution is -2.27. The van der Waals surface area contributed by atoms with E-state index < -0.39 is 5.91 Å². The maximum absolute atomic E-state index is 11.9. The standard InChI is InChI=1S/C18H19N5O2/c1-12(24)22-14-6-4-5-13(11-14)15(19)8-9-17(20)23-18(25)16-7-2-3-10-21-16/h2-11H,19-20H2,1H3,(H,22,24)(H,23,25)/b15-8-,17-9+. The number of amides is 2. The van der Waals surface area contributed by atoms with Crippen LogP contribution in [0.1, 0.15) is 23.0 Å². The molecule has 0 atom stereocenters. The number of anilines is 1. The van der Waals surface area contributed by atoms with Crippen LogP contribution in [-0.4, -0.2) is 16.8 Å². The second kappa shape index (κ2) is 8.30. The zero-order valence-corrected chi connectivity index (χ0v) is 13.7. The van der Waals surface area contributed by atoms with E-state index in [9.17, 15) is 9.59 Å². The van der Waals surface area contributed by atoms with Crippen LogP contribution < -0.4 is 22.1 Å². The van der Waals surface area contributed by atoms with Gasteiger partial charge in [-0.05, 0) is 42.0 Å². The van der Waals surface area contributed by atoms with Crippen molar-refractivity contribution in [3.05, 3.63) is 77.9 Å². The molecule has 0 radical (unpaired) electrons. The Kier molecular flexibility index (Phi) is 5.89. The van der Waals surface area contributed by atoms with Crippen LogP contribution in [0.15, 0.2) is 66.6 Å². The molecule has 0 bridgehead atoms. The van der Waals surface area contributed by atoms with Crippen molar-refractivity contribution in [1.82, 2.24) is 10.3 Å². The molecule has 2 aromatic rings. The highest BCUT2D eigenvalue weighted by Crippen LogP contribution is 2.15. The topological polar surface area (TPSA) is 123 Å². The van der Waals surface area contributed by atoms with Crippen LogP contribution in [0.5, 0.6) is 0 Å². The maximum atomic E-state index is 11.9. The lowest BCUT2D eigenvalue weighted by atomic mass is 10.1. The van der Waals surface area contributed by atoms with Gasteiger partial charge in [0.2, 0.25) is 5.91 Å². The van der Waals surface area contributed by atoms with Gasteiger partial charge in [-0.15, -0.1) is 0 Å². The predicted molar refractivity (Wildman–Crippen MR) is 96.9 cm³/mol. The highest BCUT2D eigenvalue weighted by Gasteiger charge is 2.06. The SMILES string of the molecule is CC(=O)Nc1cccc(/C(N)=C/C=C(\N)NC(=O)c2ccccn2)c1. The van der Waals surface area contributed by atoms with Crippen LogP contribution in [0, 0.1) is 0 Å². The number of benzene rings is 1. The first-order chi connectivity index (χ1) is 12.0. The number of rotatable bonds is 5. The minimum absolute atomic E-state index is 0.136. The van der Waals surface area contributed by atoms with Crippen molar-refractivity contribution in [3.63, 3.8) is 0 Å². The van der Waals surface area contributed by atoms with Crippen molar-refractivity contribution in [3.8, 4) is 0 Å². The summed E-state index contributed by atoms with van der Waals surface area (Å²) in [6, 6.07) is 12.1. The fourth-order valence-electron chi connectivity index (χ4n) is 1.99. The third kappa shape index (κ3) is 5.51. The first-order valence-corrected chi connectivity index (χ1v) is 7.49. The molecule has 128 valence electrons. The van der Waals surface area contributed by atoms with E-state index in [1.54, 1.807) is 48.5 Å². The third-order valence-electron chi connectivity index (χ3n) is 3.11. The van der Waals surface area contributed by atoms with Crippen LogP contribution in [0.4, 0.5) is 5.69 Å². The molecule has 0 aliphatic heterocycles. The Labute approximate surface area is 145 Å². The van der Waals surface area contributed by atoms with E-state index in [0.717, 1.165) is 0 Å². The average molecular weight is 337 g/mol. The summed E-state index contributed by atoms with van der Waals surface area (Å²) in [5.41, 5.74) is 13.8. The number of carbonyl (C=O) groups is 2. The number of hydrogen-bond acceptors (Lipinski definition) is 5. The lowest BCUT2D eigenvalue weighted by molar-refractivity contribution is -0.114. The molecular formula is C18H19N5O2. The Hall–Kier alpha value is -3.61. The largest absolute Gasteiger partial charge is 0.398 e. The van der Waals surface area contributed by atoms with Crippen molar-refractivity contribution in [2.75, 3.05) is 5.32 Å². The minimum Gasteiger partial charge on any atom is -0.398 e. The van der Waals surface area contributed by atoms with Crippen LogP contribution in [-0.2, 0) is 4.79 Å². The van der Waals surface area contributed by atoms with Crippen molar-refractivity contribution in [2.24, 2.45) is 11.5 Å². The summed E-state index contributed by atoms with van der Waals surface area (Å²) in [4.78, 5) is 27.0. The van der Waals surface area contributed by atoms with E-state index in [-0.39, 0.29) is 17.4 Å². The summed E-state index contributed by atoms with van der Waals surface area (Å²) in [7, 11) is 0. The van der Waals surface area contributed by atoms with Crippen molar-refractivity contribution < 1.29 is 9.59 Å². The zero-order valence-electron chi connectivity index (χ0n) is 13.7. The molecule has 0 saturated heterocycles. The molecule has 0 fully saturated rings. The molecule has 7 heteroatoms. The van der Waals surface area contributed by atoms with Crippen molar-refractivity contribution in [2.45, 2.75) is 6.92 Å². The van der Waals surface area contributed by atoms with Gasteiger partial charge in [0.25, 0.3) is 5.91 Å². The summed E-state index contributed by atoms with van der Waals surface area (Å²) in [5, 5.41) is 5.20. The number of carbonyl (C=O) groups excluding carboxylic acids is 2. The van der Waals surface area contributed by atoms with E-state index in [0.29, 0.717) is 16.9 Å². The quantitative estimate of drug-likeness (QED) is 0.617.